The van der Waals surface area contributed by atoms with E-state index in [1.54, 1.807) is 0 Å². The lowest BCUT2D eigenvalue weighted by atomic mass is 10.1. The summed E-state index contributed by atoms with van der Waals surface area (Å²) in [5, 5.41) is 6.96. The average molecular weight is 245 g/mol. The van der Waals surface area contributed by atoms with Crippen LogP contribution in [0.4, 0.5) is 5.69 Å². The van der Waals surface area contributed by atoms with Gasteiger partial charge in [0.25, 0.3) is 0 Å². The van der Waals surface area contributed by atoms with Crippen molar-refractivity contribution in [2.75, 3.05) is 18.4 Å². The van der Waals surface area contributed by atoms with Crippen molar-refractivity contribution in [3.05, 3.63) is 24.1 Å². The number of aromatic nitrogens is 1. The molecule has 96 valence electrons. The molecule has 2 heterocycles. The Morgan fingerprint density at radius 1 is 1.50 bits per heavy atom. The van der Waals surface area contributed by atoms with Crippen LogP contribution in [0.3, 0.4) is 0 Å². The first kappa shape index (κ1) is 11.5. The Balaban J connectivity index is 1.59. The van der Waals surface area contributed by atoms with Crippen molar-refractivity contribution in [3.8, 4) is 0 Å². The summed E-state index contributed by atoms with van der Waals surface area (Å²) in [6.07, 6.45) is 3.80. The molecule has 0 amide bonds. The van der Waals surface area contributed by atoms with E-state index in [9.17, 15) is 0 Å². The van der Waals surface area contributed by atoms with Gasteiger partial charge in [-0.05, 0) is 44.0 Å². The number of nitrogens with zero attached hydrogens (tertiary/aromatic N) is 1. The molecular formula is C14H19N3O. The second-order valence-corrected chi connectivity index (χ2v) is 4.92. The summed E-state index contributed by atoms with van der Waals surface area (Å²) in [5.74, 6) is 0.720. The van der Waals surface area contributed by atoms with Crippen LogP contribution >= 0.6 is 0 Å². The molecule has 4 nitrogen and oxygen atoms in total. The third-order valence-corrected chi connectivity index (χ3v) is 3.48. The van der Waals surface area contributed by atoms with Gasteiger partial charge in [0.05, 0.1) is 0 Å². The number of aryl methyl sites for hydroxylation is 1. The third kappa shape index (κ3) is 2.48. The van der Waals surface area contributed by atoms with Gasteiger partial charge in [-0.1, -0.05) is 0 Å². The highest BCUT2D eigenvalue weighted by Crippen LogP contribution is 2.19. The number of hydrogen-bond acceptors (Lipinski definition) is 4. The van der Waals surface area contributed by atoms with E-state index in [-0.39, 0.29) is 0 Å². The molecule has 1 saturated heterocycles. The molecule has 0 spiro atoms. The number of fused-ring (bicyclic) bond motifs is 1. The predicted molar refractivity (Wildman–Crippen MR) is 72.9 cm³/mol. The first-order valence-electron chi connectivity index (χ1n) is 6.66. The smallest absolute Gasteiger partial charge is 0.192 e. The van der Waals surface area contributed by atoms with E-state index in [0.717, 1.165) is 29.2 Å². The summed E-state index contributed by atoms with van der Waals surface area (Å²) >= 11 is 0. The molecule has 0 aliphatic carbocycles. The van der Waals surface area contributed by atoms with Gasteiger partial charge < -0.3 is 15.1 Å². The van der Waals surface area contributed by atoms with Crippen molar-refractivity contribution in [1.82, 2.24) is 10.3 Å². The van der Waals surface area contributed by atoms with Crippen LogP contribution in [0.25, 0.3) is 11.1 Å². The van der Waals surface area contributed by atoms with Crippen LogP contribution in [0, 0.1) is 6.92 Å². The molecule has 1 atom stereocenters. The van der Waals surface area contributed by atoms with Gasteiger partial charge >= 0.3 is 0 Å². The van der Waals surface area contributed by atoms with Crippen LogP contribution in [-0.2, 0) is 0 Å². The number of rotatable bonds is 4. The molecule has 0 saturated carbocycles. The topological polar surface area (TPSA) is 50.1 Å². The monoisotopic (exact) mass is 245 g/mol. The summed E-state index contributed by atoms with van der Waals surface area (Å²) in [7, 11) is 0. The van der Waals surface area contributed by atoms with Crippen molar-refractivity contribution >= 4 is 16.8 Å². The summed E-state index contributed by atoms with van der Waals surface area (Å²) in [4.78, 5) is 4.34. The highest BCUT2D eigenvalue weighted by atomic mass is 16.3. The fourth-order valence-electron chi connectivity index (χ4n) is 2.55. The number of benzene rings is 1. The van der Waals surface area contributed by atoms with Crippen molar-refractivity contribution in [3.63, 3.8) is 0 Å². The zero-order chi connectivity index (χ0) is 12.4. The molecule has 2 N–H and O–H groups in total. The van der Waals surface area contributed by atoms with Crippen LogP contribution in [-0.4, -0.2) is 24.1 Å². The highest BCUT2D eigenvalue weighted by molar-refractivity contribution is 5.77. The molecule has 4 heteroatoms. The fourth-order valence-corrected chi connectivity index (χ4v) is 2.55. The Hall–Kier alpha value is -1.55. The Morgan fingerprint density at radius 3 is 3.28 bits per heavy atom. The van der Waals surface area contributed by atoms with E-state index in [0.29, 0.717) is 6.04 Å². The fraction of sp³-hybridized carbons (Fsp3) is 0.500. The molecule has 1 unspecified atom stereocenters. The molecule has 1 aromatic carbocycles. The number of nitrogens with one attached hydrogen (secondary N) is 2. The molecule has 0 bridgehead atoms. The zero-order valence-corrected chi connectivity index (χ0v) is 10.7. The Morgan fingerprint density at radius 2 is 2.44 bits per heavy atom. The molecule has 18 heavy (non-hydrogen) atoms. The number of hydrogen-bond donors (Lipinski definition) is 2. The van der Waals surface area contributed by atoms with E-state index in [1.165, 1.54) is 25.8 Å². The van der Waals surface area contributed by atoms with Crippen LogP contribution in [0.5, 0.6) is 0 Å². The van der Waals surface area contributed by atoms with Gasteiger partial charge in [0.1, 0.15) is 5.52 Å². The molecule has 1 fully saturated rings. The molecule has 3 rings (SSSR count). The summed E-state index contributed by atoms with van der Waals surface area (Å²) in [5.41, 5.74) is 2.90. The standard InChI is InChI=1S/C14H19N3O/c1-10-17-13-9-12(4-5-14(13)18-10)16-8-6-11-3-2-7-15-11/h4-5,9,11,15-16H,2-3,6-8H2,1H3. The molecule has 0 radical (unpaired) electrons. The SMILES string of the molecule is Cc1nc2cc(NCCC3CCCN3)ccc2o1. The lowest BCUT2D eigenvalue weighted by molar-refractivity contribution is 0.561. The quantitative estimate of drug-likeness (QED) is 0.869. The first-order chi connectivity index (χ1) is 8.81. The van der Waals surface area contributed by atoms with Crippen LogP contribution < -0.4 is 10.6 Å². The summed E-state index contributed by atoms with van der Waals surface area (Å²) in [6.45, 7) is 4.05. The molecule has 2 aromatic rings. The minimum absolute atomic E-state index is 0.690. The summed E-state index contributed by atoms with van der Waals surface area (Å²) < 4.78 is 5.46. The Bertz CT molecular complexity index is 529. The predicted octanol–water partition coefficient (Wildman–Crippen LogP) is 2.69. The Labute approximate surface area is 107 Å². The maximum Gasteiger partial charge on any atom is 0.192 e. The van der Waals surface area contributed by atoms with Crippen LogP contribution in [0.15, 0.2) is 22.6 Å². The first-order valence-corrected chi connectivity index (χ1v) is 6.66. The minimum Gasteiger partial charge on any atom is -0.441 e. The normalized spacial score (nSPS) is 19.5. The highest BCUT2D eigenvalue weighted by Gasteiger charge is 2.12. The van der Waals surface area contributed by atoms with Crippen molar-refractivity contribution < 1.29 is 4.42 Å². The third-order valence-electron chi connectivity index (χ3n) is 3.48. The lowest BCUT2D eigenvalue weighted by Crippen LogP contribution is -2.24. The van der Waals surface area contributed by atoms with Crippen molar-refractivity contribution in [1.29, 1.82) is 0 Å². The van der Waals surface area contributed by atoms with E-state index in [1.807, 2.05) is 19.1 Å². The van der Waals surface area contributed by atoms with Gasteiger partial charge in [-0.15, -0.1) is 0 Å². The average Bonchev–Trinajstić information content (AvgIpc) is 2.96. The second kappa shape index (κ2) is 4.98. The van der Waals surface area contributed by atoms with Crippen molar-refractivity contribution in [2.45, 2.75) is 32.2 Å². The maximum atomic E-state index is 5.46. The minimum atomic E-state index is 0.690. The van der Waals surface area contributed by atoms with E-state index < -0.39 is 0 Å². The van der Waals surface area contributed by atoms with Crippen LogP contribution in [0.2, 0.25) is 0 Å². The molecule has 1 aliphatic heterocycles. The second-order valence-electron chi connectivity index (χ2n) is 4.92. The Kier molecular flexibility index (Phi) is 3.19. The van der Waals surface area contributed by atoms with Gasteiger partial charge in [0, 0.05) is 25.2 Å². The van der Waals surface area contributed by atoms with Gasteiger partial charge in [-0.2, -0.15) is 0 Å². The van der Waals surface area contributed by atoms with Gasteiger partial charge in [-0.25, -0.2) is 4.98 Å². The number of anilines is 1. The summed E-state index contributed by atoms with van der Waals surface area (Å²) in [6, 6.07) is 6.77. The zero-order valence-electron chi connectivity index (χ0n) is 10.7. The van der Waals surface area contributed by atoms with Gasteiger partial charge in [-0.3, -0.25) is 0 Å². The van der Waals surface area contributed by atoms with Crippen molar-refractivity contribution in [2.24, 2.45) is 0 Å². The van der Waals surface area contributed by atoms with Gasteiger partial charge in [0.15, 0.2) is 11.5 Å². The molecule has 1 aliphatic rings. The van der Waals surface area contributed by atoms with E-state index in [2.05, 4.69) is 21.7 Å². The largest absolute Gasteiger partial charge is 0.441 e. The molecular weight excluding hydrogens is 226 g/mol. The number of oxazole rings is 1. The lowest BCUT2D eigenvalue weighted by Gasteiger charge is -2.11. The van der Waals surface area contributed by atoms with E-state index >= 15 is 0 Å². The molecule has 1 aromatic heterocycles. The van der Waals surface area contributed by atoms with E-state index in [4.69, 9.17) is 4.42 Å². The van der Waals surface area contributed by atoms with Gasteiger partial charge in [0.2, 0.25) is 0 Å². The van der Waals surface area contributed by atoms with Crippen LogP contribution in [0.1, 0.15) is 25.2 Å². The maximum absolute atomic E-state index is 5.46.